The normalized spacial score (nSPS) is 10.9. The van der Waals surface area contributed by atoms with E-state index in [2.05, 4.69) is 17.3 Å². The lowest BCUT2D eigenvalue weighted by Gasteiger charge is -2.10. The molecule has 0 aliphatic carbocycles. The lowest BCUT2D eigenvalue weighted by atomic mass is 10.2. The first kappa shape index (κ1) is 15.8. The van der Waals surface area contributed by atoms with E-state index in [1.165, 1.54) is 6.07 Å². The quantitative estimate of drug-likeness (QED) is 0.824. The number of nitrogens with zero attached hydrogens (tertiary/aromatic N) is 2. The third-order valence-electron chi connectivity index (χ3n) is 3.14. The molecule has 0 amide bonds. The molecule has 0 aliphatic heterocycles. The Bertz CT molecular complexity index is 628. The molecule has 2 rings (SSSR count). The number of rotatable bonds is 6. The highest BCUT2D eigenvalue weighted by molar-refractivity contribution is 6.30. The van der Waals surface area contributed by atoms with Gasteiger partial charge in [0.25, 0.3) is 0 Å². The van der Waals surface area contributed by atoms with Gasteiger partial charge in [0.05, 0.1) is 16.3 Å². The number of hydrogen-bond acceptors (Lipinski definition) is 3. The van der Waals surface area contributed by atoms with Gasteiger partial charge in [0.1, 0.15) is 0 Å². The summed E-state index contributed by atoms with van der Waals surface area (Å²) >= 11 is 5.78. The second-order valence-corrected chi connectivity index (χ2v) is 5.23. The molecule has 0 unspecified atom stereocenters. The molecular weight excluding hydrogens is 293 g/mol. The fourth-order valence-electron chi connectivity index (χ4n) is 2.07. The molecule has 2 aromatic rings. The maximum atomic E-state index is 14.0. The van der Waals surface area contributed by atoms with Gasteiger partial charge in [0.15, 0.2) is 11.6 Å². The van der Waals surface area contributed by atoms with Gasteiger partial charge in [-0.1, -0.05) is 24.6 Å². The number of aromatic nitrogens is 2. The van der Waals surface area contributed by atoms with Crippen molar-refractivity contribution in [3.63, 3.8) is 0 Å². The average molecular weight is 312 g/mol. The Hall–Kier alpha value is -1.59. The van der Waals surface area contributed by atoms with Crippen molar-refractivity contribution in [3.05, 3.63) is 40.3 Å². The molecule has 0 bridgehead atoms. The van der Waals surface area contributed by atoms with Crippen LogP contribution in [0.5, 0.6) is 11.6 Å². The summed E-state index contributed by atoms with van der Waals surface area (Å²) in [7, 11) is 1.77. The molecule has 1 aromatic carbocycles. The first-order valence-corrected chi connectivity index (χ1v) is 7.27. The Morgan fingerprint density at radius 3 is 2.90 bits per heavy atom. The minimum Gasteiger partial charge on any atom is -0.436 e. The highest BCUT2D eigenvalue weighted by atomic mass is 35.5. The van der Waals surface area contributed by atoms with Crippen LogP contribution in [0.2, 0.25) is 5.02 Å². The van der Waals surface area contributed by atoms with E-state index in [1.54, 1.807) is 23.9 Å². The summed E-state index contributed by atoms with van der Waals surface area (Å²) in [6.07, 6.45) is 1.04. The molecule has 21 heavy (non-hydrogen) atoms. The number of hydrogen-bond donors (Lipinski definition) is 1. The second-order valence-electron chi connectivity index (χ2n) is 4.82. The van der Waals surface area contributed by atoms with Crippen LogP contribution in [0.3, 0.4) is 0 Å². The first-order chi connectivity index (χ1) is 10.0. The lowest BCUT2D eigenvalue weighted by Crippen LogP contribution is -2.14. The fourth-order valence-corrected chi connectivity index (χ4v) is 2.24. The van der Waals surface area contributed by atoms with Crippen molar-refractivity contribution in [3.8, 4) is 11.6 Å². The van der Waals surface area contributed by atoms with Gasteiger partial charge in [-0.15, -0.1) is 0 Å². The fraction of sp³-hybridized carbons (Fsp3) is 0.400. The largest absolute Gasteiger partial charge is 0.436 e. The summed E-state index contributed by atoms with van der Waals surface area (Å²) in [6.45, 7) is 5.54. The van der Waals surface area contributed by atoms with Gasteiger partial charge in [-0.05, 0) is 32.0 Å². The molecule has 6 heteroatoms. The zero-order valence-electron chi connectivity index (χ0n) is 12.4. The summed E-state index contributed by atoms with van der Waals surface area (Å²) in [6, 6.07) is 4.69. The number of halogens is 2. The third kappa shape index (κ3) is 3.54. The predicted molar refractivity (Wildman–Crippen MR) is 81.4 cm³/mol. The van der Waals surface area contributed by atoms with E-state index < -0.39 is 5.82 Å². The Kier molecular flexibility index (Phi) is 5.20. The smallest absolute Gasteiger partial charge is 0.222 e. The standard InChI is InChI=1S/C15H19ClFN3O/c1-4-8-18-9-11-10(2)19-20(3)15(11)21-13-7-5-6-12(16)14(13)17/h5-7,18H,4,8-9H2,1-3H3. The van der Waals surface area contributed by atoms with Gasteiger partial charge in [-0.25, -0.2) is 9.07 Å². The molecule has 1 aromatic heterocycles. The van der Waals surface area contributed by atoms with Crippen molar-refractivity contribution in [1.82, 2.24) is 15.1 Å². The van der Waals surface area contributed by atoms with Crippen LogP contribution in [0.25, 0.3) is 0 Å². The molecule has 0 radical (unpaired) electrons. The maximum absolute atomic E-state index is 14.0. The molecule has 0 saturated heterocycles. The van der Waals surface area contributed by atoms with Gasteiger partial charge in [0, 0.05) is 13.6 Å². The average Bonchev–Trinajstić information content (AvgIpc) is 2.71. The summed E-state index contributed by atoms with van der Waals surface area (Å²) < 4.78 is 21.3. The maximum Gasteiger partial charge on any atom is 0.222 e. The summed E-state index contributed by atoms with van der Waals surface area (Å²) in [5, 5.41) is 7.68. The van der Waals surface area contributed by atoms with E-state index in [0.717, 1.165) is 24.2 Å². The molecule has 114 valence electrons. The summed E-state index contributed by atoms with van der Waals surface area (Å²) in [4.78, 5) is 0. The van der Waals surface area contributed by atoms with Crippen molar-refractivity contribution in [2.75, 3.05) is 6.54 Å². The molecule has 4 nitrogen and oxygen atoms in total. The predicted octanol–water partition coefficient (Wildman–Crippen LogP) is 3.81. The van der Waals surface area contributed by atoms with Crippen molar-refractivity contribution < 1.29 is 9.13 Å². The number of aryl methyl sites for hydroxylation is 2. The highest BCUT2D eigenvalue weighted by Crippen LogP contribution is 2.31. The van der Waals surface area contributed by atoms with Gasteiger partial charge in [-0.3, -0.25) is 0 Å². The first-order valence-electron chi connectivity index (χ1n) is 6.89. The van der Waals surface area contributed by atoms with Crippen molar-refractivity contribution >= 4 is 11.6 Å². The molecule has 0 saturated carbocycles. The second kappa shape index (κ2) is 6.91. The van der Waals surface area contributed by atoms with Crippen LogP contribution in [0.4, 0.5) is 4.39 Å². The monoisotopic (exact) mass is 311 g/mol. The van der Waals surface area contributed by atoms with Gasteiger partial charge in [-0.2, -0.15) is 5.10 Å². The summed E-state index contributed by atoms with van der Waals surface area (Å²) in [5.41, 5.74) is 1.78. The minimum atomic E-state index is -0.564. The van der Waals surface area contributed by atoms with Crippen molar-refractivity contribution in [1.29, 1.82) is 0 Å². The molecule has 0 atom stereocenters. The van der Waals surface area contributed by atoms with Crippen LogP contribution in [0.1, 0.15) is 24.6 Å². The zero-order chi connectivity index (χ0) is 15.4. The topological polar surface area (TPSA) is 39.1 Å². The minimum absolute atomic E-state index is 0.0389. The Morgan fingerprint density at radius 2 is 2.19 bits per heavy atom. The number of nitrogens with one attached hydrogen (secondary N) is 1. The van der Waals surface area contributed by atoms with E-state index in [0.29, 0.717) is 12.4 Å². The van der Waals surface area contributed by atoms with E-state index in [9.17, 15) is 4.39 Å². The number of benzene rings is 1. The van der Waals surface area contributed by atoms with Gasteiger partial charge in [0.2, 0.25) is 5.88 Å². The molecule has 1 heterocycles. The highest BCUT2D eigenvalue weighted by Gasteiger charge is 2.17. The molecule has 0 spiro atoms. The summed E-state index contributed by atoms with van der Waals surface area (Å²) in [5.74, 6) is 0.0602. The third-order valence-corrected chi connectivity index (χ3v) is 3.43. The molecule has 0 fully saturated rings. The van der Waals surface area contributed by atoms with E-state index in [4.69, 9.17) is 16.3 Å². The van der Waals surface area contributed by atoms with Crippen LogP contribution in [0, 0.1) is 12.7 Å². The molecule has 1 N–H and O–H groups in total. The molecular formula is C15H19ClFN3O. The zero-order valence-corrected chi connectivity index (χ0v) is 13.2. The van der Waals surface area contributed by atoms with E-state index >= 15 is 0 Å². The van der Waals surface area contributed by atoms with Gasteiger partial charge < -0.3 is 10.1 Å². The molecule has 0 aliphatic rings. The Balaban J connectivity index is 2.28. The van der Waals surface area contributed by atoms with Crippen molar-refractivity contribution in [2.45, 2.75) is 26.8 Å². The van der Waals surface area contributed by atoms with Crippen LogP contribution in [-0.2, 0) is 13.6 Å². The van der Waals surface area contributed by atoms with Crippen LogP contribution < -0.4 is 10.1 Å². The van der Waals surface area contributed by atoms with Crippen LogP contribution in [-0.4, -0.2) is 16.3 Å². The van der Waals surface area contributed by atoms with Crippen LogP contribution in [0.15, 0.2) is 18.2 Å². The van der Waals surface area contributed by atoms with Crippen LogP contribution >= 0.6 is 11.6 Å². The Morgan fingerprint density at radius 1 is 1.43 bits per heavy atom. The van der Waals surface area contributed by atoms with E-state index in [-0.39, 0.29) is 10.8 Å². The van der Waals surface area contributed by atoms with E-state index in [1.807, 2.05) is 6.92 Å². The van der Waals surface area contributed by atoms with Gasteiger partial charge >= 0.3 is 0 Å². The Labute approximate surface area is 128 Å². The number of ether oxygens (including phenoxy) is 1. The SMILES string of the molecule is CCCNCc1c(C)nn(C)c1Oc1cccc(Cl)c1F. The van der Waals surface area contributed by atoms with Crippen molar-refractivity contribution in [2.24, 2.45) is 7.05 Å². The lowest BCUT2D eigenvalue weighted by molar-refractivity contribution is 0.398.